The smallest absolute Gasteiger partial charge is 0.336 e. The number of benzene rings is 1. The predicted octanol–water partition coefficient (Wildman–Crippen LogP) is 0.584. The quantitative estimate of drug-likeness (QED) is 0.673. The number of aromatic carboxylic acids is 2. The summed E-state index contributed by atoms with van der Waals surface area (Å²) in [6, 6.07) is 4.21. The molecule has 80 valence electrons. The van der Waals surface area contributed by atoms with E-state index in [9.17, 15) is 9.59 Å². The van der Waals surface area contributed by atoms with Crippen molar-refractivity contribution in [3.8, 4) is 0 Å². The molecule has 0 heterocycles. The van der Waals surface area contributed by atoms with Crippen LogP contribution >= 0.6 is 0 Å². The standard InChI is InChI=1S/C10H11NO4/c11-4-3-6-1-2-7(9(12)13)8(5-6)10(14)15/h1-2,5H,3-4,11H2,(H,12,13)(H,14,15). The van der Waals surface area contributed by atoms with E-state index < -0.39 is 11.9 Å². The highest BCUT2D eigenvalue weighted by Crippen LogP contribution is 2.12. The molecule has 0 aliphatic carbocycles. The second kappa shape index (κ2) is 4.56. The topological polar surface area (TPSA) is 101 Å². The van der Waals surface area contributed by atoms with Crippen LogP contribution in [0.2, 0.25) is 0 Å². The molecule has 5 heteroatoms. The maximum atomic E-state index is 10.8. The fourth-order valence-electron chi connectivity index (χ4n) is 1.28. The van der Waals surface area contributed by atoms with Crippen molar-refractivity contribution in [3.05, 3.63) is 34.9 Å². The van der Waals surface area contributed by atoms with Gasteiger partial charge in [-0.3, -0.25) is 0 Å². The zero-order valence-corrected chi connectivity index (χ0v) is 7.93. The number of nitrogens with two attached hydrogens (primary N) is 1. The number of carbonyl (C=O) groups is 2. The van der Waals surface area contributed by atoms with Gasteiger partial charge in [-0.05, 0) is 30.7 Å². The van der Waals surface area contributed by atoms with Crippen LogP contribution in [0.3, 0.4) is 0 Å². The van der Waals surface area contributed by atoms with Crippen molar-refractivity contribution in [2.75, 3.05) is 6.54 Å². The highest BCUT2D eigenvalue weighted by molar-refractivity contribution is 6.01. The van der Waals surface area contributed by atoms with Crippen molar-refractivity contribution in [3.63, 3.8) is 0 Å². The minimum Gasteiger partial charge on any atom is -0.478 e. The number of carboxylic acids is 2. The van der Waals surface area contributed by atoms with Gasteiger partial charge in [-0.15, -0.1) is 0 Å². The summed E-state index contributed by atoms with van der Waals surface area (Å²) in [5.41, 5.74) is 5.64. The Morgan fingerprint density at radius 2 is 1.73 bits per heavy atom. The Morgan fingerprint density at radius 1 is 1.13 bits per heavy atom. The predicted molar refractivity (Wildman–Crippen MR) is 53.1 cm³/mol. The van der Waals surface area contributed by atoms with Crippen LogP contribution in [0.1, 0.15) is 26.3 Å². The molecule has 0 fully saturated rings. The van der Waals surface area contributed by atoms with Crippen LogP contribution in [0, 0.1) is 0 Å². The summed E-state index contributed by atoms with van der Waals surface area (Å²) in [5, 5.41) is 17.6. The SMILES string of the molecule is NCCc1ccc(C(=O)O)c(C(=O)O)c1. The molecule has 0 aromatic heterocycles. The largest absolute Gasteiger partial charge is 0.478 e. The fourth-order valence-corrected chi connectivity index (χ4v) is 1.28. The molecule has 15 heavy (non-hydrogen) atoms. The molecule has 0 saturated heterocycles. The van der Waals surface area contributed by atoms with E-state index in [0.29, 0.717) is 13.0 Å². The van der Waals surface area contributed by atoms with Gasteiger partial charge in [0, 0.05) is 0 Å². The molecule has 0 atom stereocenters. The van der Waals surface area contributed by atoms with Gasteiger partial charge < -0.3 is 15.9 Å². The third kappa shape index (κ3) is 2.54. The maximum absolute atomic E-state index is 10.8. The van der Waals surface area contributed by atoms with Crippen LogP contribution in [-0.2, 0) is 6.42 Å². The monoisotopic (exact) mass is 209 g/mol. The van der Waals surface area contributed by atoms with Crippen molar-refractivity contribution in [1.29, 1.82) is 0 Å². The first-order valence-corrected chi connectivity index (χ1v) is 4.36. The molecule has 0 saturated carbocycles. The Labute approximate surface area is 86.1 Å². The summed E-state index contributed by atoms with van der Waals surface area (Å²) in [7, 11) is 0. The summed E-state index contributed by atoms with van der Waals surface area (Å²) < 4.78 is 0. The summed E-state index contributed by atoms with van der Waals surface area (Å²) >= 11 is 0. The lowest BCUT2D eigenvalue weighted by Crippen LogP contribution is -2.10. The number of carboxylic acid groups (broad SMARTS) is 2. The van der Waals surface area contributed by atoms with Crippen molar-refractivity contribution in [2.45, 2.75) is 6.42 Å². The summed E-state index contributed by atoms with van der Waals surface area (Å²) in [4.78, 5) is 21.5. The molecule has 1 aromatic carbocycles. The third-order valence-electron chi connectivity index (χ3n) is 1.98. The van der Waals surface area contributed by atoms with Gasteiger partial charge in [0.1, 0.15) is 0 Å². The second-order valence-corrected chi connectivity index (χ2v) is 3.03. The van der Waals surface area contributed by atoms with Crippen molar-refractivity contribution < 1.29 is 19.8 Å². The van der Waals surface area contributed by atoms with Gasteiger partial charge >= 0.3 is 11.9 Å². The molecule has 1 rings (SSSR count). The summed E-state index contributed by atoms with van der Waals surface area (Å²) in [6.07, 6.45) is 0.528. The van der Waals surface area contributed by atoms with E-state index in [1.165, 1.54) is 12.1 Å². The third-order valence-corrected chi connectivity index (χ3v) is 1.98. The molecule has 0 spiro atoms. The molecule has 5 nitrogen and oxygen atoms in total. The molecule has 4 N–H and O–H groups in total. The molecule has 0 bridgehead atoms. The Hall–Kier alpha value is -1.88. The van der Waals surface area contributed by atoms with Gasteiger partial charge in [0.15, 0.2) is 0 Å². The lowest BCUT2D eigenvalue weighted by Gasteiger charge is -2.04. The molecule has 0 aliphatic rings. The molecule has 0 radical (unpaired) electrons. The highest BCUT2D eigenvalue weighted by Gasteiger charge is 2.15. The van der Waals surface area contributed by atoms with Crippen LogP contribution < -0.4 is 5.73 Å². The maximum Gasteiger partial charge on any atom is 0.336 e. The van der Waals surface area contributed by atoms with Gasteiger partial charge in [0.25, 0.3) is 0 Å². The van der Waals surface area contributed by atoms with E-state index in [1.807, 2.05) is 0 Å². The van der Waals surface area contributed by atoms with E-state index in [2.05, 4.69) is 0 Å². The van der Waals surface area contributed by atoms with Crippen molar-refractivity contribution in [1.82, 2.24) is 0 Å². The number of rotatable bonds is 4. The Bertz CT molecular complexity index is 400. The van der Waals surface area contributed by atoms with Gasteiger partial charge in [-0.1, -0.05) is 6.07 Å². The normalized spacial score (nSPS) is 9.93. The van der Waals surface area contributed by atoms with Gasteiger partial charge in [0.05, 0.1) is 11.1 Å². The summed E-state index contributed by atoms with van der Waals surface area (Å²) in [6.45, 7) is 0.394. The molecular weight excluding hydrogens is 198 g/mol. The Morgan fingerprint density at radius 3 is 2.20 bits per heavy atom. The van der Waals surface area contributed by atoms with Crippen LogP contribution in [0.25, 0.3) is 0 Å². The molecule has 0 amide bonds. The Balaban J connectivity index is 3.21. The van der Waals surface area contributed by atoms with E-state index >= 15 is 0 Å². The lowest BCUT2D eigenvalue weighted by atomic mass is 10.0. The fraction of sp³-hybridized carbons (Fsp3) is 0.200. The molecule has 0 aliphatic heterocycles. The minimum absolute atomic E-state index is 0.201. The first-order valence-electron chi connectivity index (χ1n) is 4.36. The number of hydrogen-bond acceptors (Lipinski definition) is 3. The van der Waals surface area contributed by atoms with E-state index in [4.69, 9.17) is 15.9 Å². The molecular formula is C10H11NO4. The molecule has 1 aromatic rings. The molecule has 0 unspecified atom stereocenters. The average Bonchev–Trinajstić information content (AvgIpc) is 2.17. The average molecular weight is 209 g/mol. The van der Waals surface area contributed by atoms with Crippen LogP contribution in [0.15, 0.2) is 18.2 Å². The van der Waals surface area contributed by atoms with Crippen molar-refractivity contribution in [2.24, 2.45) is 5.73 Å². The number of hydrogen-bond donors (Lipinski definition) is 3. The second-order valence-electron chi connectivity index (χ2n) is 3.03. The van der Waals surface area contributed by atoms with Crippen LogP contribution in [0.4, 0.5) is 0 Å². The minimum atomic E-state index is -1.24. The van der Waals surface area contributed by atoms with E-state index in [-0.39, 0.29) is 11.1 Å². The first kappa shape index (κ1) is 11.2. The van der Waals surface area contributed by atoms with Crippen LogP contribution in [-0.4, -0.2) is 28.7 Å². The zero-order chi connectivity index (χ0) is 11.4. The van der Waals surface area contributed by atoms with Gasteiger partial charge in [0.2, 0.25) is 0 Å². The summed E-state index contributed by atoms with van der Waals surface area (Å²) in [5.74, 6) is -2.49. The highest BCUT2D eigenvalue weighted by atomic mass is 16.4. The zero-order valence-electron chi connectivity index (χ0n) is 7.93. The lowest BCUT2D eigenvalue weighted by molar-refractivity contribution is 0.0651. The van der Waals surface area contributed by atoms with E-state index in [0.717, 1.165) is 5.56 Å². The Kier molecular flexibility index (Phi) is 3.41. The van der Waals surface area contributed by atoms with Gasteiger partial charge in [-0.2, -0.15) is 0 Å². The van der Waals surface area contributed by atoms with Crippen LogP contribution in [0.5, 0.6) is 0 Å². The van der Waals surface area contributed by atoms with Gasteiger partial charge in [-0.25, -0.2) is 9.59 Å². The first-order chi connectivity index (χ1) is 7.06. The van der Waals surface area contributed by atoms with E-state index in [1.54, 1.807) is 6.07 Å². The van der Waals surface area contributed by atoms with Crippen molar-refractivity contribution >= 4 is 11.9 Å².